The van der Waals surface area contributed by atoms with Crippen LogP contribution in [0.3, 0.4) is 0 Å². The molecule has 2 atom stereocenters. The van der Waals surface area contributed by atoms with Crippen molar-refractivity contribution in [3.63, 3.8) is 0 Å². The van der Waals surface area contributed by atoms with Gasteiger partial charge in [-0.15, -0.1) is 0 Å². The molecule has 0 bridgehead atoms. The number of nitrogens with one attached hydrogen (secondary N) is 1. The van der Waals surface area contributed by atoms with Crippen molar-refractivity contribution in [1.29, 1.82) is 0 Å². The third-order valence-corrected chi connectivity index (χ3v) is 13.6. The number of aliphatic hydroxyl groups is 2. The van der Waals surface area contributed by atoms with Gasteiger partial charge in [0.1, 0.15) is 0 Å². The van der Waals surface area contributed by atoms with Crippen LogP contribution in [-0.4, -0.2) is 47.4 Å². The first-order valence-corrected chi connectivity index (χ1v) is 28.9. The number of amides is 1. The van der Waals surface area contributed by atoms with E-state index >= 15 is 0 Å². The molecule has 0 aromatic heterocycles. The van der Waals surface area contributed by atoms with Crippen LogP contribution in [0.5, 0.6) is 0 Å². The largest absolute Gasteiger partial charge is 0.466 e. The summed E-state index contributed by atoms with van der Waals surface area (Å²) in [6.07, 6.45) is 63.4. The van der Waals surface area contributed by atoms with E-state index in [-0.39, 0.29) is 18.5 Å². The number of rotatable bonds is 54. The van der Waals surface area contributed by atoms with Gasteiger partial charge in [0.2, 0.25) is 5.91 Å². The van der Waals surface area contributed by atoms with E-state index in [0.29, 0.717) is 25.9 Å². The number of unbranched alkanes of at least 4 members (excludes halogenated alkanes) is 41. The van der Waals surface area contributed by atoms with Crippen molar-refractivity contribution < 1.29 is 24.5 Å². The van der Waals surface area contributed by atoms with Gasteiger partial charge in [0.05, 0.1) is 25.4 Å². The summed E-state index contributed by atoms with van der Waals surface area (Å²) in [7, 11) is 0. The molecule has 6 heteroatoms. The Balaban J connectivity index is 3.44. The van der Waals surface area contributed by atoms with Crippen LogP contribution in [0.2, 0.25) is 0 Å². The van der Waals surface area contributed by atoms with Crippen LogP contribution in [-0.2, 0) is 14.3 Å². The van der Waals surface area contributed by atoms with Crippen LogP contribution in [0.25, 0.3) is 0 Å². The normalized spacial score (nSPS) is 12.6. The van der Waals surface area contributed by atoms with E-state index in [0.717, 1.165) is 51.4 Å². The maximum absolute atomic E-state index is 12.5. The van der Waals surface area contributed by atoms with Crippen LogP contribution >= 0.6 is 0 Å². The van der Waals surface area contributed by atoms with Crippen molar-refractivity contribution in [3.8, 4) is 0 Å². The molecule has 0 aliphatic heterocycles. The highest BCUT2D eigenvalue weighted by molar-refractivity contribution is 5.76. The summed E-state index contributed by atoms with van der Waals surface area (Å²) >= 11 is 0. The van der Waals surface area contributed by atoms with Gasteiger partial charge in [0.25, 0.3) is 0 Å². The fourth-order valence-corrected chi connectivity index (χ4v) is 9.09. The summed E-state index contributed by atoms with van der Waals surface area (Å²) in [6.45, 7) is 4.91. The minimum absolute atomic E-state index is 0.0155. The smallest absolute Gasteiger partial charge is 0.305 e. The molecular formula is C58H113NO5. The molecule has 0 heterocycles. The van der Waals surface area contributed by atoms with Gasteiger partial charge in [-0.1, -0.05) is 276 Å². The maximum Gasteiger partial charge on any atom is 0.305 e. The number of hydrogen-bond acceptors (Lipinski definition) is 5. The van der Waals surface area contributed by atoms with Crippen molar-refractivity contribution in [2.75, 3.05) is 13.2 Å². The lowest BCUT2D eigenvalue weighted by Crippen LogP contribution is -2.45. The molecule has 0 rings (SSSR count). The Kier molecular flexibility index (Phi) is 53.0. The quantitative estimate of drug-likeness (QED) is 0.0321. The van der Waals surface area contributed by atoms with Crippen molar-refractivity contribution in [2.24, 2.45) is 0 Å². The number of aliphatic hydroxyl groups excluding tert-OH is 2. The van der Waals surface area contributed by atoms with Crippen LogP contribution in [0.1, 0.15) is 322 Å². The molecule has 0 fully saturated rings. The number of carbonyl (C=O) groups is 2. The topological polar surface area (TPSA) is 95.9 Å². The zero-order valence-corrected chi connectivity index (χ0v) is 43.3. The zero-order chi connectivity index (χ0) is 46.5. The second kappa shape index (κ2) is 54.2. The van der Waals surface area contributed by atoms with E-state index in [9.17, 15) is 19.8 Å². The lowest BCUT2D eigenvalue weighted by atomic mass is 10.0. The first kappa shape index (κ1) is 62.6. The standard InChI is InChI=1S/C58H113NO5/c1-3-5-7-9-11-13-15-16-17-18-19-20-21-22-23-24-25-27-31-34-38-42-46-50-56(61)55(54-60)59-57(62)51-47-43-39-35-32-28-26-29-33-37-41-45-49-53-64-58(63)52-48-44-40-36-30-14-12-10-8-6-4-2/h10,12,55-56,60-61H,3-9,11,13-54H2,1-2H3,(H,59,62)/b12-10-. The second-order valence-electron chi connectivity index (χ2n) is 20.0. The molecule has 0 aromatic rings. The van der Waals surface area contributed by atoms with E-state index in [4.69, 9.17) is 4.74 Å². The average Bonchev–Trinajstić information content (AvgIpc) is 3.29. The fraction of sp³-hybridized carbons (Fsp3) is 0.931. The molecule has 380 valence electrons. The Morgan fingerprint density at radius 1 is 0.422 bits per heavy atom. The molecule has 0 aromatic carbocycles. The highest BCUT2D eigenvalue weighted by Crippen LogP contribution is 2.18. The molecule has 0 aliphatic carbocycles. The molecule has 0 spiro atoms. The van der Waals surface area contributed by atoms with Gasteiger partial charge >= 0.3 is 5.97 Å². The Morgan fingerprint density at radius 2 is 0.750 bits per heavy atom. The first-order valence-electron chi connectivity index (χ1n) is 28.9. The predicted octanol–water partition coefficient (Wildman–Crippen LogP) is 17.7. The van der Waals surface area contributed by atoms with Crippen molar-refractivity contribution in [1.82, 2.24) is 5.32 Å². The minimum atomic E-state index is -0.673. The highest BCUT2D eigenvalue weighted by atomic mass is 16.5. The number of hydrogen-bond donors (Lipinski definition) is 3. The molecule has 0 aliphatic rings. The van der Waals surface area contributed by atoms with Crippen LogP contribution in [0.15, 0.2) is 12.2 Å². The van der Waals surface area contributed by atoms with E-state index in [2.05, 4.69) is 31.3 Å². The Morgan fingerprint density at radius 3 is 1.16 bits per heavy atom. The lowest BCUT2D eigenvalue weighted by molar-refractivity contribution is -0.143. The molecule has 0 saturated carbocycles. The van der Waals surface area contributed by atoms with E-state index < -0.39 is 12.1 Å². The first-order chi connectivity index (χ1) is 31.5. The number of allylic oxidation sites excluding steroid dienone is 2. The molecule has 0 radical (unpaired) electrons. The summed E-state index contributed by atoms with van der Waals surface area (Å²) in [6, 6.07) is -0.552. The Hall–Kier alpha value is -1.40. The third kappa shape index (κ3) is 50.0. The number of carbonyl (C=O) groups excluding carboxylic acids is 2. The molecule has 1 amide bonds. The monoisotopic (exact) mass is 904 g/mol. The van der Waals surface area contributed by atoms with E-state index in [1.807, 2.05) is 0 Å². The van der Waals surface area contributed by atoms with Gasteiger partial charge in [0.15, 0.2) is 0 Å². The molecule has 3 N–H and O–H groups in total. The lowest BCUT2D eigenvalue weighted by Gasteiger charge is -2.22. The molecular weight excluding hydrogens is 791 g/mol. The van der Waals surface area contributed by atoms with Gasteiger partial charge in [-0.2, -0.15) is 0 Å². The Labute approximate surface area is 399 Å². The fourth-order valence-electron chi connectivity index (χ4n) is 9.09. The maximum atomic E-state index is 12.5. The number of esters is 1. The van der Waals surface area contributed by atoms with Crippen molar-refractivity contribution in [3.05, 3.63) is 12.2 Å². The third-order valence-electron chi connectivity index (χ3n) is 13.6. The van der Waals surface area contributed by atoms with Crippen molar-refractivity contribution in [2.45, 2.75) is 334 Å². The Bertz CT molecular complexity index is 955. The van der Waals surface area contributed by atoms with Gasteiger partial charge in [-0.25, -0.2) is 0 Å². The molecule has 0 saturated heterocycles. The van der Waals surface area contributed by atoms with Crippen LogP contribution in [0.4, 0.5) is 0 Å². The zero-order valence-electron chi connectivity index (χ0n) is 43.3. The van der Waals surface area contributed by atoms with Gasteiger partial charge in [-0.3, -0.25) is 9.59 Å². The highest BCUT2D eigenvalue weighted by Gasteiger charge is 2.20. The number of ether oxygens (including phenoxy) is 1. The summed E-state index contributed by atoms with van der Waals surface area (Å²) in [5.41, 5.74) is 0. The predicted molar refractivity (Wildman–Crippen MR) is 278 cm³/mol. The minimum Gasteiger partial charge on any atom is -0.466 e. The van der Waals surface area contributed by atoms with Gasteiger partial charge in [0, 0.05) is 12.8 Å². The molecule has 64 heavy (non-hydrogen) atoms. The van der Waals surface area contributed by atoms with Crippen LogP contribution < -0.4 is 5.32 Å². The SMILES string of the molecule is CCCC/C=C\CCCCCCCC(=O)OCCCCCCCCCCCCCCCC(=O)NC(CO)C(O)CCCCCCCCCCCCCCCCCCCCCCCCC. The van der Waals surface area contributed by atoms with E-state index in [1.54, 1.807) is 0 Å². The second-order valence-corrected chi connectivity index (χ2v) is 20.0. The summed E-state index contributed by atoms with van der Waals surface area (Å²) in [5, 5.41) is 23.3. The summed E-state index contributed by atoms with van der Waals surface area (Å²) < 4.78 is 5.44. The van der Waals surface area contributed by atoms with Crippen molar-refractivity contribution >= 4 is 11.9 Å². The van der Waals surface area contributed by atoms with Gasteiger partial charge in [-0.05, 0) is 44.9 Å². The van der Waals surface area contributed by atoms with E-state index in [1.165, 1.54) is 238 Å². The van der Waals surface area contributed by atoms with Crippen LogP contribution in [0, 0.1) is 0 Å². The molecule has 2 unspecified atom stereocenters. The summed E-state index contributed by atoms with van der Waals surface area (Å²) in [5.74, 6) is -0.0602. The summed E-state index contributed by atoms with van der Waals surface area (Å²) in [4.78, 5) is 24.5. The van der Waals surface area contributed by atoms with Gasteiger partial charge < -0.3 is 20.3 Å². The molecule has 6 nitrogen and oxygen atoms in total. The average molecular weight is 905 g/mol.